The Hall–Kier alpha value is -0.100. The van der Waals surface area contributed by atoms with E-state index in [1.165, 1.54) is 5.01 Å². The minimum Gasteiger partial charge on any atom is -0.383 e. The molecule has 0 saturated carbocycles. The number of methoxy groups -OCH3 is 1. The predicted octanol–water partition coefficient (Wildman–Crippen LogP) is 2.17. The Balaban J connectivity index is 2.39. The van der Waals surface area contributed by atoms with E-state index >= 15 is 0 Å². The predicted molar refractivity (Wildman–Crippen MR) is 67.7 cm³/mol. The highest BCUT2D eigenvalue weighted by Gasteiger charge is 2.12. The molecule has 1 aromatic rings. The Morgan fingerprint density at radius 1 is 1.67 bits per heavy atom. The second kappa shape index (κ2) is 8.10. The topological polar surface area (TPSA) is 34.1 Å². The molecule has 1 N–H and O–H groups in total. The first-order chi connectivity index (χ1) is 7.38. The average molecular weight is 246 g/mol. The first-order valence-electron chi connectivity index (χ1n) is 4.99. The lowest BCUT2D eigenvalue weighted by molar-refractivity contribution is 0.195. The standard InChI is InChI=1S/C10H18N2OS2/c1-13-6-4-11-9(3-7-14-2)10-12-5-8-15-10/h5,8-9,11H,3-4,6-7H2,1-2H3. The van der Waals surface area contributed by atoms with Crippen LogP contribution in [0, 0.1) is 0 Å². The quantitative estimate of drug-likeness (QED) is 0.713. The summed E-state index contributed by atoms with van der Waals surface area (Å²) in [5.74, 6) is 1.16. The highest BCUT2D eigenvalue weighted by atomic mass is 32.2. The SMILES string of the molecule is COCCNC(CCSC)c1nccs1. The molecule has 0 saturated heterocycles. The van der Waals surface area contributed by atoms with Gasteiger partial charge in [-0.25, -0.2) is 4.98 Å². The second-order valence-electron chi connectivity index (χ2n) is 3.15. The normalized spacial score (nSPS) is 12.9. The molecule has 0 aromatic carbocycles. The maximum Gasteiger partial charge on any atom is 0.110 e. The molecule has 0 bridgehead atoms. The van der Waals surface area contributed by atoms with Crippen LogP contribution in [0.1, 0.15) is 17.5 Å². The fraction of sp³-hybridized carbons (Fsp3) is 0.700. The first-order valence-corrected chi connectivity index (χ1v) is 7.26. The van der Waals surface area contributed by atoms with Crippen LogP contribution in [-0.4, -0.2) is 37.3 Å². The van der Waals surface area contributed by atoms with Crippen molar-refractivity contribution in [3.63, 3.8) is 0 Å². The van der Waals surface area contributed by atoms with Crippen LogP contribution in [0.15, 0.2) is 11.6 Å². The molecule has 0 fully saturated rings. The molecule has 0 spiro atoms. The summed E-state index contributed by atoms with van der Waals surface area (Å²) in [6.45, 7) is 1.64. The molecule has 3 nitrogen and oxygen atoms in total. The maximum absolute atomic E-state index is 5.03. The minimum absolute atomic E-state index is 0.382. The lowest BCUT2D eigenvalue weighted by atomic mass is 10.2. The number of thioether (sulfide) groups is 1. The van der Waals surface area contributed by atoms with Gasteiger partial charge >= 0.3 is 0 Å². The van der Waals surface area contributed by atoms with Gasteiger partial charge in [-0.2, -0.15) is 11.8 Å². The Morgan fingerprint density at radius 2 is 2.53 bits per heavy atom. The number of nitrogens with zero attached hydrogens (tertiary/aromatic N) is 1. The molecule has 1 atom stereocenters. The number of hydrogen-bond donors (Lipinski definition) is 1. The minimum atomic E-state index is 0.382. The zero-order chi connectivity index (χ0) is 10.9. The lowest BCUT2D eigenvalue weighted by Gasteiger charge is -2.15. The van der Waals surface area contributed by atoms with Gasteiger partial charge < -0.3 is 10.1 Å². The molecule has 0 radical (unpaired) electrons. The van der Waals surface area contributed by atoms with Crippen molar-refractivity contribution in [1.29, 1.82) is 0 Å². The van der Waals surface area contributed by atoms with Crippen molar-refractivity contribution in [2.24, 2.45) is 0 Å². The molecule has 0 aliphatic heterocycles. The summed E-state index contributed by atoms with van der Waals surface area (Å²) in [5.41, 5.74) is 0. The number of nitrogens with one attached hydrogen (secondary N) is 1. The van der Waals surface area contributed by atoms with Crippen LogP contribution < -0.4 is 5.32 Å². The molecule has 1 aromatic heterocycles. The summed E-state index contributed by atoms with van der Waals surface area (Å²) >= 11 is 3.59. The van der Waals surface area contributed by atoms with E-state index in [0.29, 0.717) is 6.04 Å². The van der Waals surface area contributed by atoms with Crippen LogP contribution in [0.25, 0.3) is 0 Å². The summed E-state index contributed by atoms with van der Waals surface area (Å²) in [5, 5.41) is 6.68. The van der Waals surface area contributed by atoms with Crippen molar-refractivity contribution >= 4 is 23.1 Å². The van der Waals surface area contributed by atoms with Gasteiger partial charge in [-0.1, -0.05) is 0 Å². The van der Waals surface area contributed by atoms with Crippen LogP contribution >= 0.6 is 23.1 Å². The first kappa shape index (κ1) is 13.0. The van der Waals surface area contributed by atoms with Crippen LogP contribution in [0.2, 0.25) is 0 Å². The molecule has 0 amide bonds. The van der Waals surface area contributed by atoms with Crippen molar-refractivity contribution in [2.45, 2.75) is 12.5 Å². The van der Waals surface area contributed by atoms with Crippen molar-refractivity contribution < 1.29 is 4.74 Å². The van der Waals surface area contributed by atoms with Crippen molar-refractivity contribution in [3.8, 4) is 0 Å². The average Bonchev–Trinajstić information content (AvgIpc) is 2.76. The third-order valence-corrected chi connectivity index (χ3v) is 3.59. The Morgan fingerprint density at radius 3 is 3.13 bits per heavy atom. The zero-order valence-corrected chi connectivity index (χ0v) is 10.9. The smallest absolute Gasteiger partial charge is 0.110 e. The highest BCUT2D eigenvalue weighted by molar-refractivity contribution is 7.98. The highest BCUT2D eigenvalue weighted by Crippen LogP contribution is 2.20. The van der Waals surface area contributed by atoms with Gasteiger partial charge in [-0.05, 0) is 18.4 Å². The van der Waals surface area contributed by atoms with Gasteiger partial charge in [0.05, 0.1) is 12.6 Å². The third-order valence-electron chi connectivity index (χ3n) is 2.06. The van der Waals surface area contributed by atoms with Crippen LogP contribution in [0.4, 0.5) is 0 Å². The van der Waals surface area contributed by atoms with E-state index in [2.05, 4.69) is 16.6 Å². The van der Waals surface area contributed by atoms with Crippen molar-refractivity contribution in [2.75, 3.05) is 32.3 Å². The Labute approximate surface area is 99.6 Å². The van der Waals surface area contributed by atoms with Gasteiger partial charge in [0.1, 0.15) is 5.01 Å². The monoisotopic (exact) mass is 246 g/mol. The molecule has 1 unspecified atom stereocenters. The zero-order valence-electron chi connectivity index (χ0n) is 9.23. The fourth-order valence-corrected chi connectivity index (χ4v) is 2.51. The van der Waals surface area contributed by atoms with E-state index in [1.54, 1.807) is 18.4 Å². The van der Waals surface area contributed by atoms with E-state index in [1.807, 2.05) is 23.3 Å². The fourth-order valence-electron chi connectivity index (χ4n) is 1.29. The third kappa shape index (κ3) is 4.97. The number of rotatable bonds is 8. The van der Waals surface area contributed by atoms with Gasteiger partial charge in [-0.15, -0.1) is 11.3 Å². The molecule has 1 heterocycles. The van der Waals surface area contributed by atoms with E-state index in [9.17, 15) is 0 Å². The number of ether oxygens (including phenoxy) is 1. The van der Waals surface area contributed by atoms with Gasteiger partial charge in [0.15, 0.2) is 0 Å². The Bertz CT molecular complexity index is 242. The van der Waals surface area contributed by atoms with Gasteiger partial charge in [0, 0.05) is 25.2 Å². The molecular weight excluding hydrogens is 228 g/mol. The molecule has 5 heteroatoms. The second-order valence-corrected chi connectivity index (χ2v) is 5.06. The van der Waals surface area contributed by atoms with Gasteiger partial charge in [0.25, 0.3) is 0 Å². The van der Waals surface area contributed by atoms with Crippen molar-refractivity contribution in [3.05, 3.63) is 16.6 Å². The number of aromatic nitrogens is 1. The van der Waals surface area contributed by atoms with Gasteiger partial charge in [0.2, 0.25) is 0 Å². The maximum atomic E-state index is 5.03. The molecule has 0 aliphatic carbocycles. The lowest BCUT2D eigenvalue weighted by Crippen LogP contribution is -2.25. The van der Waals surface area contributed by atoms with E-state index < -0.39 is 0 Å². The van der Waals surface area contributed by atoms with Crippen LogP contribution in [-0.2, 0) is 4.74 Å². The molecule has 86 valence electrons. The molecular formula is C10H18N2OS2. The molecule has 0 aliphatic rings. The summed E-state index contributed by atoms with van der Waals surface area (Å²) in [4.78, 5) is 4.35. The largest absolute Gasteiger partial charge is 0.383 e. The molecule has 1 rings (SSSR count). The van der Waals surface area contributed by atoms with Crippen molar-refractivity contribution in [1.82, 2.24) is 10.3 Å². The summed E-state index contributed by atoms with van der Waals surface area (Å²) in [7, 11) is 1.72. The molecule has 15 heavy (non-hydrogen) atoms. The van der Waals surface area contributed by atoms with Crippen LogP contribution in [0.5, 0.6) is 0 Å². The summed E-state index contributed by atoms with van der Waals surface area (Å²) in [6.07, 6.45) is 5.12. The van der Waals surface area contributed by atoms with E-state index in [4.69, 9.17) is 4.74 Å². The summed E-state index contributed by atoms with van der Waals surface area (Å²) < 4.78 is 5.03. The van der Waals surface area contributed by atoms with E-state index in [-0.39, 0.29) is 0 Å². The Kier molecular flexibility index (Phi) is 7.00. The van der Waals surface area contributed by atoms with Crippen LogP contribution in [0.3, 0.4) is 0 Å². The number of hydrogen-bond acceptors (Lipinski definition) is 5. The van der Waals surface area contributed by atoms with Gasteiger partial charge in [-0.3, -0.25) is 0 Å². The number of thiazole rings is 1. The summed E-state index contributed by atoms with van der Waals surface area (Å²) in [6, 6.07) is 0.382. The van der Waals surface area contributed by atoms with E-state index in [0.717, 1.165) is 25.3 Å².